The van der Waals surface area contributed by atoms with Crippen LogP contribution in [-0.4, -0.2) is 24.6 Å². The number of nitrogens with zero attached hydrogens (tertiary/aromatic N) is 1. The molecular weight excluding hydrogens is 277 g/mol. The molecule has 0 bridgehead atoms. The van der Waals surface area contributed by atoms with Crippen LogP contribution >= 0.6 is 27.5 Å². The third-order valence-corrected chi connectivity index (χ3v) is 2.55. The molecule has 1 heterocycles. The molecule has 0 aliphatic rings. The molecule has 0 aliphatic heterocycles. The molecule has 0 radical (unpaired) electrons. The molecule has 84 valence electrons. The van der Waals surface area contributed by atoms with Crippen molar-refractivity contribution in [3.05, 3.63) is 21.8 Å². The number of pyridine rings is 1. The largest absolute Gasteiger partial charge is 0.368 e. The minimum atomic E-state index is 0.639. The smallest absolute Gasteiger partial charge is 0.144 e. The minimum absolute atomic E-state index is 0.639. The first-order chi connectivity index (χ1) is 7.24. The van der Waals surface area contributed by atoms with Gasteiger partial charge in [-0.2, -0.15) is 0 Å². The van der Waals surface area contributed by atoms with Gasteiger partial charge in [0.05, 0.1) is 5.02 Å². The Morgan fingerprint density at radius 2 is 2.20 bits per heavy atom. The highest BCUT2D eigenvalue weighted by Crippen LogP contribution is 2.22. The van der Waals surface area contributed by atoms with Crippen molar-refractivity contribution in [3.8, 4) is 0 Å². The van der Waals surface area contributed by atoms with E-state index in [1.807, 2.05) is 6.07 Å². The Balaban J connectivity index is 2.31. The van der Waals surface area contributed by atoms with Crippen molar-refractivity contribution in [2.24, 2.45) is 0 Å². The number of nitrogens with one attached hydrogen (secondary N) is 2. The zero-order valence-electron chi connectivity index (χ0n) is 8.69. The van der Waals surface area contributed by atoms with Gasteiger partial charge in [0.2, 0.25) is 0 Å². The molecular formula is C10H15BrClN3. The lowest BCUT2D eigenvalue weighted by atomic mass is 10.4. The second kappa shape index (κ2) is 7.04. The highest BCUT2D eigenvalue weighted by Gasteiger charge is 2.00. The van der Waals surface area contributed by atoms with Crippen LogP contribution in [-0.2, 0) is 0 Å². The van der Waals surface area contributed by atoms with Gasteiger partial charge in [-0.3, -0.25) is 0 Å². The maximum absolute atomic E-state index is 5.99. The van der Waals surface area contributed by atoms with Gasteiger partial charge in [0.25, 0.3) is 0 Å². The summed E-state index contributed by atoms with van der Waals surface area (Å²) in [5.41, 5.74) is 0. The van der Waals surface area contributed by atoms with E-state index < -0.39 is 0 Å². The predicted molar refractivity (Wildman–Crippen MR) is 68.6 cm³/mol. The molecule has 0 aliphatic carbocycles. The van der Waals surface area contributed by atoms with E-state index >= 15 is 0 Å². The highest BCUT2D eigenvalue weighted by molar-refractivity contribution is 9.10. The first kappa shape index (κ1) is 12.7. The van der Waals surface area contributed by atoms with Crippen molar-refractivity contribution in [1.29, 1.82) is 0 Å². The molecule has 15 heavy (non-hydrogen) atoms. The summed E-state index contributed by atoms with van der Waals surface area (Å²) in [5.74, 6) is 0.734. The predicted octanol–water partition coefficient (Wildman–Crippen LogP) is 2.91. The Kier molecular flexibility index (Phi) is 5.98. The summed E-state index contributed by atoms with van der Waals surface area (Å²) in [5, 5.41) is 7.10. The zero-order valence-corrected chi connectivity index (χ0v) is 11.0. The van der Waals surface area contributed by atoms with Crippen LogP contribution in [0.2, 0.25) is 5.02 Å². The second-order valence-electron chi connectivity index (χ2n) is 3.16. The Morgan fingerprint density at radius 3 is 2.87 bits per heavy atom. The van der Waals surface area contributed by atoms with Crippen LogP contribution in [0.5, 0.6) is 0 Å². The topological polar surface area (TPSA) is 37.0 Å². The van der Waals surface area contributed by atoms with E-state index in [0.29, 0.717) is 5.02 Å². The first-order valence-corrected chi connectivity index (χ1v) is 6.16. The molecule has 0 fully saturated rings. The molecule has 2 N–H and O–H groups in total. The number of hydrogen-bond acceptors (Lipinski definition) is 3. The van der Waals surface area contributed by atoms with E-state index in [0.717, 1.165) is 36.3 Å². The summed E-state index contributed by atoms with van der Waals surface area (Å²) in [6.45, 7) is 4.94. The van der Waals surface area contributed by atoms with E-state index in [9.17, 15) is 0 Å². The van der Waals surface area contributed by atoms with Crippen molar-refractivity contribution >= 4 is 33.3 Å². The molecule has 0 saturated carbocycles. The molecule has 0 aromatic carbocycles. The molecule has 1 aromatic heterocycles. The summed E-state index contributed by atoms with van der Waals surface area (Å²) >= 11 is 9.31. The van der Waals surface area contributed by atoms with Gasteiger partial charge < -0.3 is 10.6 Å². The molecule has 5 heteroatoms. The van der Waals surface area contributed by atoms with E-state index in [-0.39, 0.29) is 0 Å². The Labute approximate surface area is 104 Å². The Hall–Kier alpha value is -0.320. The normalized spacial score (nSPS) is 10.3. The van der Waals surface area contributed by atoms with E-state index in [4.69, 9.17) is 11.6 Å². The fraction of sp³-hybridized carbons (Fsp3) is 0.500. The van der Waals surface area contributed by atoms with Crippen LogP contribution in [0.4, 0.5) is 5.82 Å². The molecule has 1 rings (SSSR count). The van der Waals surface area contributed by atoms with Crippen LogP contribution in [0.15, 0.2) is 16.7 Å². The maximum Gasteiger partial charge on any atom is 0.144 e. The number of rotatable bonds is 6. The second-order valence-corrected chi connectivity index (χ2v) is 4.48. The average molecular weight is 293 g/mol. The molecule has 0 unspecified atom stereocenters. The lowest BCUT2D eigenvalue weighted by molar-refractivity contribution is 0.687. The van der Waals surface area contributed by atoms with Crippen molar-refractivity contribution < 1.29 is 0 Å². The van der Waals surface area contributed by atoms with Crippen LogP contribution in [0.25, 0.3) is 0 Å². The minimum Gasteiger partial charge on any atom is -0.368 e. The highest BCUT2D eigenvalue weighted by atomic mass is 79.9. The molecule has 0 atom stereocenters. The number of hydrogen-bond donors (Lipinski definition) is 2. The maximum atomic E-state index is 5.99. The van der Waals surface area contributed by atoms with Gasteiger partial charge in [0, 0.05) is 23.8 Å². The van der Waals surface area contributed by atoms with Gasteiger partial charge in [-0.05, 0) is 35.0 Å². The van der Waals surface area contributed by atoms with Crippen molar-refractivity contribution in [3.63, 3.8) is 0 Å². The van der Waals surface area contributed by atoms with Crippen LogP contribution in [0.3, 0.4) is 0 Å². The van der Waals surface area contributed by atoms with Gasteiger partial charge in [-0.25, -0.2) is 4.98 Å². The van der Waals surface area contributed by atoms with Gasteiger partial charge in [-0.15, -0.1) is 0 Å². The van der Waals surface area contributed by atoms with Crippen molar-refractivity contribution in [1.82, 2.24) is 10.3 Å². The van der Waals surface area contributed by atoms with E-state index in [1.54, 1.807) is 6.20 Å². The molecule has 0 spiro atoms. The fourth-order valence-corrected chi connectivity index (χ4v) is 1.81. The molecule has 0 saturated heterocycles. The standard InChI is InChI=1S/C10H15BrClN3/c1-2-3-13-4-5-14-10-9(12)6-8(11)7-15-10/h6-7,13H,2-5H2,1H3,(H,14,15). The van der Waals surface area contributed by atoms with Crippen LogP contribution < -0.4 is 10.6 Å². The monoisotopic (exact) mass is 291 g/mol. The summed E-state index contributed by atoms with van der Waals surface area (Å²) in [7, 11) is 0. The lowest BCUT2D eigenvalue weighted by Gasteiger charge is -2.07. The van der Waals surface area contributed by atoms with E-state index in [2.05, 4.69) is 38.5 Å². The van der Waals surface area contributed by atoms with Crippen LogP contribution in [0.1, 0.15) is 13.3 Å². The third-order valence-electron chi connectivity index (χ3n) is 1.83. The van der Waals surface area contributed by atoms with Crippen molar-refractivity contribution in [2.45, 2.75) is 13.3 Å². The Morgan fingerprint density at radius 1 is 1.40 bits per heavy atom. The zero-order chi connectivity index (χ0) is 11.1. The van der Waals surface area contributed by atoms with Crippen LogP contribution in [0, 0.1) is 0 Å². The van der Waals surface area contributed by atoms with Gasteiger partial charge >= 0.3 is 0 Å². The lowest BCUT2D eigenvalue weighted by Crippen LogP contribution is -2.23. The quantitative estimate of drug-likeness (QED) is 0.792. The molecule has 0 amide bonds. The molecule has 1 aromatic rings. The SMILES string of the molecule is CCCNCCNc1ncc(Br)cc1Cl. The fourth-order valence-electron chi connectivity index (χ4n) is 1.12. The van der Waals surface area contributed by atoms with Crippen molar-refractivity contribution in [2.75, 3.05) is 25.0 Å². The number of aromatic nitrogens is 1. The van der Waals surface area contributed by atoms with E-state index in [1.165, 1.54) is 0 Å². The summed E-state index contributed by atoms with van der Waals surface area (Å²) in [6.07, 6.45) is 2.88. The molecule has 3 nitrogen and oxygen atoms in total. The Bertz CT molecular complexity index is 307. The van der Waals surface area contributed by atoms with Gasteiger partial charge in [-0.1, -0.05) is 18.5 Å². The number of anilines is 1. The van der Waals surface area contributed by atoms with Gasteiger partial charge in [0.1, 0.15) is 5.82 Å². The summed E-state index contributed by atoms with van der Waals surface area (Å²) in [6, 6.07) is 1.83. The summed E-state index contributed by atoms with van der Waals surface area (Å²) in [4.78, 5) is 4.18. The third kappa shape index (κ3) is 4.82. The summed E-state index contributed by atoms with van der Waals surface area (Å²) < 4.78 is 0.891. The van der Waals surface area contributed by atoms with Gasteiger partial charge in [0.15, 0.2) is 0 Å². The first-order valence-electron chi connectivity index (χ1n) is 4.99. The number of halogens is 2. The average Bonchev–Trinajstić information content (AvgIpc) is 2.20.